The minimum atomic E-state index is -4.35. The summed E-state index contributed by atoms with van der Waals surface area (Å²) in [7, 11) is -4.35. The average Bonchev–Trinajstić information content (AvgIpc) is 2.72. The summed E-state index contributed by atoms with van der Waals surface area (Å²) < 4.78 is 80.9. The van der Waals surface area contributed by atoms with E-state index in [4.69, 9.17) is 0 Å². The molecule has 0 spiro atoms. The molecule has 11 heteroatoms. The van der Waals surface area contributed by atoms with Crippen LogP contribution >= 0.6 is 0 Å². The number of piperidine rings is 1. The topological polar surface area (TPSA) is 86.7 Å². The van der Waals surface area contributed by atoms with Crippen LogP contribution < -0.4 is 5.32 Å². The minimum absolute atomic E-state index is 0.0948. The normalized spacial score (nSPS) is 17.7. The van der Waals surface area contributed by atoms with Crippen LogP contribution in [0.5, 0.6) is 0 Å². The lowest BCUT2D eigenvalue weighted by Crippen LogP contribution is -2.45. The van der Waals surface area contributed by atoms with E-state index < -0.39 is 62.4 Å². The van der Waals surface area contributed by atoms with Crippen molar-refractivity contribution < 1.29 is 35.9 Å². The summed E-state index contributed by atoms with van der Waals surface area (Å²) in [5.41, 5.74) is -0.695. The lowest BCUT2D eigenvalue weighted by atomic mass is 10.1. The first-order valence-corrected chi connectivity index (χ1v) is 10.5. The fourth-order valence-corrected chi connectivity index (χ4v) is 5.05. The third-order valence-corrected chi connectivity index (χ3v) is 6.77. The highest BCUT2D eigenvalue weighted by atomic mass is 32.2. The molecule has 1 aliphatic rings. The molecule has 0 saturated carbocycles. The summed E-state index contributed by atoms with van der Waals surface area (Å²) in [6.45, 7) is -0.333. The van der Waals surface area contributed by atoms with Gasteiger partial charge < -0.3 is 10.4 Å². The number of carbonyl (C=O) groups excluding carboxylic acids is 1. The first-order valence-electron chi connectivity index (χ1n) is 9.03. The van der Waals surface area contributed by atoms with Crippen LogP contribution in [0.2, 0.25) is 0 Å². The average molecular weight is 446 g/mol. The fourth-order valence-electron chi connectivity index (χ4n) is 3.27. The number of benzene rings is 2. The molecule has 6 nitrogen and oxygen atoms in total. The van der Waals surface area contributed by atoms with Crippen molar-refractivity contribution in [1.29, 1.82) is 0 Å². The number of anilines is 1. The van der Waals surface area contributed by atoms with Gasteiger partial charge in [0.05, 0.1) is 6.61 Å². The number of aliphatic hydroxyl groups is 1. The minimum Gasteiger partial charge on any atom is -0.395 e. The number of amides is 1. The van der Waals surface area contributed by atoms with E-state index in [2.05, 4.69) is 5.32 Å². The molecule has 0 aliphatic carbocycles. The van der Waals surface area contributed by atoms with Crippen LogP contribution in [0, 0.1) is 23.3 Å². The quantitative estimate of drug-likeness (QED) is 0.546. The van der Waals surface area contributed by atoms with Gasteiger partial charge >= 0.3 is 0 Å². The van der Waals surface area contributed by atoms with E-state index in [1.807, 2.05) is 0 Å². The first-order chi connectivity index (χ1) is 14.1. The Labute approximate surface area is 170 Å². The number of rotatable bonds is 5. The second-order valence-electron chi connectivity index (χ2n) is 6.80. The molecule has 1 saturated heterocycles. The molecule has 0 radical (unpaired) electrons. The van der Waals surface area contributed by atoms with Crippen LogP contribution in [0.4, 0.5) is 23.2 Å². The summed E-state index contributed by atoms with van der Waals surface area (Å²) in [6.07, 6.45) is 1.67. The lowest BCUT2D eigenvalue weighted by Gasteiger charge is -2.33. The van der Waals surface area contributed by atoms with Gasteiger partial charge in [-0.3, -0.25) is 4.79 Å². The van der Waals surface area contributed by atoms with Gasteiger partial charge in [-0.05, 0) is 31.0 Å². The molecular weight excluding hydrogens is 428 g/mol. The van der Waals surface area contributed by atoms with Crippen LogP contribution in [0.25, 0.3) is 0 Å². The van der Waals surface area contributed by atoms with Crippen molar-refractivity contribution in [2.75, 3.05) is 18.5 Å². The maximum Gasteiger partial charge on any atom is 0.255 e. The molecule has 2 N–H and O–H groups in total. The van der Waals surface area contributed by atoms with Gasteiger partial charge in [-0.1, -0.05) is 6.42 Å². The molecule has 2 aromatic rings. The van der Waals surface area contributed by atoms with Gasteiger partial charge in [0.15, 0.2) is 17.5 Å². The Morgan fingerprint density at radius 3 is 2.37 bits per heavy atom. The van der Waals surface area contributed by atoms with Crippen LogP contribution in [0.15, 0.2) is 35.2 Å². The van der Waals surface area contributed by atoms with E-state index in [0.717, 1.165) is 22.5 Å². The fraction of sp³-hybridized carbons (Fsp3) is 0.316. The number of sulfonamides is 1. The van der Waals surface area contributed by atoms with Crippen molar-refractivity contribution in [3.05, 3.63) is 59.2 Å². The molecule has 1 aliphatic heterocycles. The molecule has 1 heterocycles. The molecule has 1 atom stereocenters. The zero-order chi connectivity index (χ0) is 22.1. The van der Waals surface area contributed by atoms with Crippen molar-refractivity contribution in [2.24, 2.45) is 0 Å². The Balaban J connectivity index is 1.92. The number of nitrogens with one attached hydrogen (secondary N) is 1. The molecule has 0 bridgehead atoms. The van der Waals surface area contributed by atoms with Crippen molar-refractivity contribution in [3.8, 4) is 0 Å². The summed E-state index contributed by atoms with van der Waals surface area (Å²) in [6, 6.07) is 2.99. The van der Waals surface area contributed by atoms with Gasteiger partial charge in [0, 0.05) is 36.0 Å². The molecule has 30 heavy (non-hydrogen) atoms. The molecule has 162 valence electrons. The zero-order valence-electron chi connectivity index (χ0n) is 15.5. The van der Waals surface area contributed by atoms with E-state index in [-0.39, 0.29) is 12.1 Å². The van der Waals surface area contributed by atoms with Crippen molar-refractivity contribution in [3.63, 3.8) is 0 Å². The van der Waals surface area contributed by atoms with E-state index in [9.17, 15) is 35.9 Å². The number of nitrogens with zero attached hydrogens (tertiary/aromatic N) is 1. The second-order valence-corrected chi connectivity index (χ2v) is 8.66. The number of hydrogen-bond donors (Lipinski definition) is 2. The van der Waals surface area contributed by atoms with E-state index in [0.29, 0.717) is 31.4 Å². The Hall–Kier alpha value is -2.50. The molecule has 1 amide bonds. The summed E-state index contributed by atoms with van der Waals surface area (Å²) in [4.78, 5) is 11.6. The molecule has 1 fully saturated rings. The molecular formula is C19H18F4N2O4S. The largest absolute Gasteiger partial charge is 0.395 e. The van der Waals surface area contributed by atoms with Gasteiger partial charge in [-0.15, -0.1) is 0 Å². The van der Waals surface area contributed by atoms with Gasteiger partial charge in [-0.2, -0.15) is 4.31 Å². The van der Waals surface area contributed by atoms with Crippen molar-refractivity contribution in [2.45, 2.75) is 30.2 Å². The van der Waals surface area contributed by atoms with Gasteiger partial charge in [0.1, 0.15) is 10.7 Å². The Morgan fingerprint density at radius 1 is 1.07 bits per heavy atom. The van der Waals surface area contributed by atoms with E-state index >= 15 is 0 Å². The Morgan fingerprint density at radius 2 is 1.73 bits per heavy atom. The van der Waals surface area contributed by atoms with Crippen LogP contribution in [-0.2, 0) is 10.0 Å². The van der Waals surface area contributed by atoms with Gasteiger partial charge in [-0.25, -0.2) is 26.0 Å². The monoisotopic (exact) mass is 446 g/mol. The SMILES string of the molecule is O=C(Nc1cc(F)c(F)c(F)c1)c1ccc(F)c(S(=O)(=O)N2CCCC[C@@H]2CO)c1. The van der Waals surface area contributed by atoms with Crippen LogP contribution in [0.3, 0.4) is 0 Å². The lowest BCUT2D eigenvalue weighted by molar-refractivity contribution is 0.102. The predicted molar refractivity (Wildman–Crippen MR) is 99.3 cm³/mol. The van der Waals surface area contributed by atoms with E-state index in [1.54, 1.807) is 0 Å². The molecule has 2 aromatic carbocycles. The number of halogens is 4. The van der Waals surface area contributed by atoms with Crippen molar-refractivity contribution >= 4 is 21.6 Å². The summed E-state index contributed by atoms with van der Waals surface area (Å²) >= 11 is 0. The molecule has 3 rings (SSSR count). The zero-order valence-corrected chi connectivity index (χ0v) is 16.4. The highest BCUT2D eigenvalue weighted by Crippen LogP contribution is 2.28. The highest BCUT2D eigenvalue weighted by Gasteiger charge is 2.35. The van der Waals surface area contributed by atoms with Crippen molar-refractivity contribution in [1.82, 2.24) is 4.31 Å². The maximum absolute atomic E-state index is 14.4. The molecule has 0 unspecified atom stereocenters. The van der Waals surface area contributed by atoms with Gasteiger partial charge in [0.25, 0.3) is 5.91 Å². The number of aliphatic hydroxyl groups excluding tert-OH is 1. The smallest absolute Gasteiger partial charge is 0.255 e. The van der Waals surface area contributed by atoms with Crippen LogP contribution in [0.1, 0.15) is 29.6 Å². The standard InChI is InChI=1S/C19H18F4N2O4S/c20-14-5-4-11(19(27)24-12-8-15(21)18(23)16(22)9-12)7-17(14)30(28,29)25-6-2-1-3-13(25)10-26/h4-5,7-9,13,26H,1-3,6,10H2,(H,24,27)/t13-/m1/s1. The Kier molecular flexibility index (Phi) is 6.44. The van der Waals surface area contributed by atoms with Crippen LogP contribution in [-0.4, -0.2) is 42.9 Å². The maximum atomic E-state index is 14.4. The first kappa shape index (κ1) is 22.2. The third-order valence-electron chi connectivity index (χ3n) is 4.81. The Bertz CT molecular complexity index is 1060. The van der Waals surface area contributed by atoms with Gasteiger partial charge in [0.2, 0.25) is 10.0 Å². The summed E-state index contributed by atoms with van der Waals surface area (Å²) in [5.74, 6) is -6.81. The third kappa shape index (κ3) is 4.32. The predicted octanol–water partition coefficient (Wildman–Crippen LogP) is 3.03. The highest BCUT2D eigenvalue weighted by molar-refractivity contribution is 7.89. The number of hydrogen-bond acceptors (Lipinski definition) is 4. The van der Waals surface area contributed by atoms with E-state index in [1.165, 1.54) is 0 Å². The second kappa shape index (κ2) is 8.70. The molecule has 0 aromatic heterocycles. The number of carbonyl (C=O) groups is 1. The summed E-state index contributed by atoms with van der Waals surface area (Å²) in [5, 5.41) is 11.6.